The molecule has 3 saturated heterocycles. The largest absolute Gasteiger partial charge is 0.491 e. The number of carbonyl (C=O) groups excluding carboxylic acids is 5. The van der Waals surface area contributed by atoms with Crippen LogP contribution >= 0.6 is 0 Å². The summed E-state index contributed by atoms with van der Waals surface area (Å²) in [6.07, 6.45) is -0.911. The van der Waals surface area contributed by atoms with Crippen molar-refractivity contribution in [1.29, 1.82) is 0 Å². The van der Waals surface area contributed by atoms with Gasteiger partial charge in [0.15, 0.2) is 0 Å². The van der Waals surface area contributed by atoms with Crippen molar-refractivity contribution in [3.05, 3.63) is 156 Å². The second-order valence-electron chi connectivity index (χ2n) is 17.4. The Morgan fingerprint density at radius 3 is 2.07 bits per heavy atom. The molecule has 0 aromatic heterocycles. The zero-order chi connectivity index (χ0) is 46.8. The van der Waals surface area contributed by atoms with Crippen LogP contribution in [0.25, 0.3) is 0 Å². The third kappa shape index (κ3) is 8.06. The average Bonchev–Trinajstić information content (AvgIpc) is 3.82. The van der Waals surface area contributed by atoms with E-state index in [9.17, 15) is 14.7 Å². The van der Waals surface area contributed by atoms with Crippen LogP contribution < -0.4 is 25.2 Å². The second kappa shape index (κ2) is 19.0. The Morgan fingerprint density at radius 2 is 1.43 bits per heavy atom. The van der Waals surface area contributed by atoms with Gasteiger partial charge in [0.25, 0.3) is 0 Å². The molecule has 0 bridgehead atoms. The highest BCUT2D eigenvalue weighted by molar-refractivity contribution is 6.25. The van der Waals surface area contributed by atoms with Crippen LogP contribution in [-0.4, -0.2) is 98.5 Å². The van der Waals surface area contributed by atoms with Gasteiger partial charge in [0.1, 0.15) is 36.0 Å². The number of urea groups is 1. The maximum absolute atomic E-state index is 16.4. The van der Waals surface area contributed by atoms with E-state index in [1.165, 1.54) is 7.11 Å². The van der Waals surface area contributed by atoms with Crippen molar-refractivity contribution in [2.24, 2.45) is 11.8 Å². The van der Waals surface area contributed by atoms with Crippen LogP contribution in [0.1, 0.15) is 54.3 Å². The minimum atomic E-state index is -2.00. The third-order valence-electron chi connectivity index (χ3n) is 13.3. The number of aliphatic hydroxyl groups excluding tert-OH is 1. The van der Waals surface area contributed by atoms with Gasteiger partial charge in [0.05, 0.1) is 50.6 Å². The van der Waals surface area contributed by atoms with Crippen LogP contribution in [0.3, 0.4) is 0 Å². The van der Waals surface area contributed by atoms with Gasteiger partial charge < -0.3 is 39.6 Å². The Morgan fingerprint density at radius 1 is 0.791 bits per heavy atom. The van der Waals surface area contributed by atoms with Gasteiger partial charge in [-0.2, -0.15) is 0 Å². The van der Waals surface area contributed by atoms with Crippen LogP contribution in [0, 0.1) is 11.8 Å². The van der Waals surface area contributed by atoms with Crippen molar-refractivity contribution >= 4 is 46.8 Å². The van der Waals surface area contributed by atoms with E-state index in [2.05, 4.69) is 15.5 Å². The molecule has 3 fully saturated rings. The Bertz CT molecular complexity index is 2610. The van der Waals surface area contributed by atoms with Crippen LogP contribution in [-0.2, 0) is 38.8 Å². The summed E-state index contributed by atoms with van der Waals surface area (Å²) in [4.78, 5) is 80.5. The summed E-state index contributed by atoms with van der Waals surface area (Å²) in [7, 11) is 1.22. The number of carbonyl (C=O) groups is 5. The molecule has 0 saturated carbocycles. The van der Waals surface area contributed by atoms with Crippen LogP contribution in [0.15, 0.2) is 133 Å². The number of para-hydroxylation sites is 1. The number of aliphatic hydroxyl groups is 1. The average molecular weight is 908 g/mol. The lowest BCUT2D eigenvalue weighted by Crippen LogP contribution is -2.57. The number of esters is 2. The summed E-state index contributed by atoms with van der Waals surface area (Å²) in [6, 6.07) is 34.7. The number of hydrogen-bond donors (Lipinski definition) is 3. The first-order chi connectivity index (χ1) is 32.6. The van der Waals surface area contributed by atoms with Gasteiger partial charge >= 0.3 is 18.0 Å². The molecular formula is C52H53N5O10. The van der Waals surface area contributed by atoms with Crippen molar-refractivity contribution < 1.29 is 48.0 Å². The monoisotopic (exact) mass is 907 g/mol. The highest BCUT2D eigenvalue weighted by Crippen LogP contribution is 2.66. The standard InChI is InChI=1S/C52H53N5O10/c1-32(2)42(48(60)64-3)54-51(63)56-40-17-11-10-16-39(40)52(50(56)62)41(47(59)53-36-20-22-37(23-21-36)55-26-29-65-30-27-55)44-49(61)67-45(34-14-8-5-9-15-34)43(33-12-6-4-7-13-33)57(44)46(52)35-18-24-38(25-19-35)66-31-28-58/h4-25,32,41-46,58H,26-31H2,1-3H3,(H,53,59)(H,54,63)/t41-,42+,43-,44-,45+,46+,52-/m1/s1. The molecule has 15 nitrogen and oxygen atoms in total. The normalized spacial score (nSPS) is 23.9. The molecule has 9 rings (SSSR count). The van der Waals surface area contributed by atoms with E-state index < -0.39 is 77.3 Å². The molecule has 67 heavy (non-hydrogen) atoms. The summed E-state index contributed by atoms with van der Waals surface area (Å²) < 4.78 is 23.0. The fraction of sp³-hybridized carbons (Fsp3) is 0.327. The Kier molecular flexibility index (Phi) is 12.8. The molecule has 0 unspecified atom stereocenters. The molecule has 0 aliphatic carbocycles. The predicted molar refractivity (Wildman–Crippen MR) is 248 cm³/mol. The Balaban J connectivity index is 1.28. The zero-order valence-corrected chi connectivity index (χ0v) is 37.4. The van der Waals surface area contributed by atoms with Gasteiger partial charge in [-0.15, -0.1) is 0 Å². The van der Waals surface area contributed by atoms with Gasteiger partial charge in [-0.05, 0) is 70.6 Å². The number of hydrogen-bond acceptors (Lipinski definition) is 12. The first-order valence-corrected chi connectivity index (χ1v) is 22.6. The highest BCUT2D eigenvalue weighted by Gasteiger charge is 2.75. The lowest BCUT2D eigenvalue weighted by molar-refractivity contribution is -0.177. The number of nitrogens with zero attached hydrogens (tertiary/aromatic N) is 3. The number of anilines is 3. The van der Waals surface area contributed by atoms with Crippen LogP contribution in [0.5, 0.6) is 5.75 Å². The minimum Gasteiger partial charge on any atom is -0.491 e. The van der Waals surface area contributed by atoms with E-state index in [-0.39, 0.29) is 18.9 Å². The van der Waals surface area contributed by atoms with E-state index >= 15 is 14.4 Å². The minimum absolute atomic E-state index is 0.0378. The Labute approximate surface area is 388 Å². The molecule has 15 heteroatoms. The summed E-state index contributed by atoms with van der Waals surface area (Å²) in [5.74, 6) is -4.37. The molecule has 4 amide bonds. The predicted octanol–water partition coefficient (Wildman–Crippen LogP) is 6.11. The molecule has 1 spiro atoms. The number of rotatable bonds is 12. The van der Waals surface area contributed by atoms with Crippen LogP contribution in [0.4, 0.5) is 21.9 Å². The number of ether oxygens (including phenoxy) is 4. The summed E-state index contributed by atoms with van der Waals surface area (Å²) in [5, 5.41) is 15.4. The summed E-state index contributed by atoms with van der Waals surface area (Å²) >= 11 is 0. The molecule has 346 valence electrons. The summed E-state index contributed by atoms with van der Waals surface area (Å²) in [5.41, 5.74) is 1.86. The molecule has 5 aromatic carbocycles. The molecule has 4 aliphatic heterocycles. The second-order valence-corrected chi connectivity index (χ2v) is 17.4. The first-order valence-electron chi connectivity index (χ1n) is 22.6. The highest BCUT2D eigenvalue weighted by atomic mass is 16.6. The molecule has 4 heterocycles. The number of nitrogens with one attached hydrogen (secondary N) is 2. The molecule has 7 atom stereocenters. The quantitative estimate of drug-likeness (QED) is 0.123. The van der Waals surface area contributed by atoms with Gasteiger partial charge in [0.2, 0.25) is 11.8 Å². The van der Waals surface area contributed by atoms with Crippen molar-refractivity contribution in [1.82, 2.24) is 10.2 Å². The van der Waals surface area contributed by atoms with E-state index in [1.54, 1.807) is 74.5 Å². The van der Waals surface area contributed by atoms with Crippen molar-refractivity contribution in [2.45, 2.75) is 49.5 Å². The van der Waals surface area contributed by atoms with Crippen molar-refractivity contribution in [2.75, 3.05) is 61.7 Å². The number of imide groups is 1. The van der Waals surface area contributed by atoms with E-state index in [0.717, 1.165) is 16.2 Å². The van der Waals surface area contributed by atoms with E-state index in [0.29, 0.717) is 54.4 Å². The van der Waals surface area contributed by atoms with Crippen molar-refractivity contribution in [3.63, 3.8) is 0 Å². The number of morpholine rings is 2. The van der Waals surface area contributed by atoms with Gasteiger partial charge in [0, 0.05) is 24.5 Å². The van der Waals surface area contributed by atoms with Crippen LogP contribution in [0.2, 0.25) is 0 Å². The maximum atomic E-state index is 16.4. The van der Waals surface area contributed by atoms with E-state index in [1.807, 2.05) is 77.7 Å². The molecular weight excluding hydrogens is 855 g/mol. The fourth-order valence-electron chi connectivity index (χ4n) is 10.4. The third-order valence-corrected chi connectivity index (χ3v) is 13.3. The number of amides is 4. The first kappa shape index (κ1) is 45.1. The Hall–Kier alpha value is -7.07. The lowest BCUT2D eigenvalue weighted by atomic mass is 9.65. The zero-order valence-electron chi connectivity index (χ0n) is 37.4. The van der Waals surface area contributed by atoms with E-state index in [4.69, 9.17) is 18.9 Å². The van der Waals surface area contributed by atoms with Crippen molar-refractivity contribution in [3.8, 4) is 5.75 Å². The molecule has 3 N–H and O–H groups in total. The van der Waals surface area contributed by atoms with Gasteiger partial charge in [-0.1, -0.05) is 105 Å². The number of methoxy groups -OCH3 is 1. The maximum Gasteiger partial charge on any atom is 0.329 e. The van der Waals surface area contributed by atoms with Gasteiger partial charge in [-0.25, -0.2) is 14.5 Å². The van der Waals surface area contributed by atoms with Gasteiger partial charge in [-0.3, -0.25) is 19.3 Å². The number of benzene rings is 5. The fourth-order valence-corrected chi connectivity index (χ4v) is 10.4. The SMILES string of the molecule is COC(=O)[C@@H](NC(=O)N1C(=O)[C@@]2(c3ccccc31)[C@H](c1ccc(OCCO)cc1)N1[C@H](c3ccccc3)[C@H](c3ccccc3)OC(=O)[C@H]1[C@@H]2C(=O)Nc1ccc(N2CCOCC2)cc1)C(C)C. The lowest BCUT2D eigenvalue weighted by Gasteiger charge is -2.46. The number of fused-ring (bicyclic) bond motifs is 3. The topological polar surface area (TPSA) is 176 Å². The summed E-state index contributed by atoms with van der Waals surface area (Å²) in [6.45, 7) is 5.92. The molecule has 4 aliphatic rings. The molecule has 0 radical (unpaired) electrons. The smallest absolute Gasteiger partial charge is 0.329 e. The number of cyclic esters (lactones) is 1. The molecule has 5 aromatic rings.